The van der Waals surface area contributed by atoms with Crippen LogP contribution in [0.25, 0.3) is 0 Å². The van der Waals surface area contributed by atoms with Gasteiger partial charge in [-0.2, -0.15) is 5.10 Å². The van der Waals surface area contributed by atoms with Gasteiger partial charge in [-0.05, 0) is 6.42 Å². The van der Waals surface area contributed by atoms with E-state index >= 15 is 0 Å². The van der Waals surface area contributed by atoms with Gasteiger partial charge in [0.2, 0.25) is 0 Å². The first kappa shape index (κ1) is 14.9. The maximum absolute atomic E-state index is 11.6. The van der Waals surface area contributed by atoms with Crippen LogP contribution < -0.4 is 10.6 Å². The molecule has 0 spiro atoms. The Bertz CT molecular complexity index is 393. The molecule has 1 unspecified atom stereocenters. The van der Waals surface area contributed by atoms with Crippen molar-refractivity contribution in [3.8, 4) is 0 Å². The van der Waals surface area contributed by atoms with E-state index in [1.807, 2.05) is 6.92 Å². The molecule has 8 nitrogen and oxygen atoms in total. The van der Waals surface area contributed by atoms with Crippen LogP contribution in [0.4, 0.5) is 4.79 Å². The summed E-state index contributed by atoms with van der Waals surface area (Å²) in [6, 6.07) is -0.702. The lowest BCUT2D eigenvalue weighted by molar-refractivity contribution is -0.137. The number of urea groups is 1. The number of aromatic amines is 1. The highest BCUT2D eigenvalue weighted by atomic mass is 16.4. The van der Waals surface area contributed by atoms with Gasteiger partial charge in [0, 0.05) is 19.0 Å². The zero-order valence-corrected chi connectivity index (χ0v) is 10.8. The number of carboxylic acids is 1. The molecule has 0 aliphatic heterocycles. The highest BCUT2D eigenvalue weighted by Crippen LogP contribution is 2.01. The van der Waals surface area contributed by atoms with Crippen LogP contribution in [0.5, 0.6) is 0 Å². The van der Waals surface area contributed by atoms with Crippen LogP contribution in [0.1, 0.15) is 32.0 Å². The normalized spacial score (nSPS) is 11.8. The first-order valence-electron chi connectivity index (χ1n) is 6.22. The molecule has 1 rings (SSSR count). The monoisotopic (exact) mass is 269 g/mol. The van der Waals surface area contributed by atoms with Crippen molar-refractivity contribution in [2.24, 2.45) is 0 Å². The van der Waals surface area contributed by atoms with Crippen molar-refractivity contribution in [2.75, 3.05) is 6.54 Å². The molecule has 1 heterocycles. The summed E-state index contributed by atoms with van der Waals surface area (Å²) in [4.78, 5) is 26.1. The lowest BCUT2D eigenvalue weighted by atomic mass is 10.1. The third-order valence-corrected chi connectivity index (χ3v) is 2.51. The molecule has 0 bridgehead atoms. The van der Waals surface area contributed by atoms with E-state index in [-0.39, 0.29) is 18.5 Å². The molecule has 0 saturated carbocycles. The summed E-state index contributed by atoms with van der Waals surface area (Å²) in [6.45, 7) is 2.35. The number of carboxylic acid groups (broad SMARTS) is 1. The Labute approximate surface area is 111 Å². The van der Waals surface area contributed by atoms with Crippen LogP contribution in [0.3, 0.4) is 0 Å². The van der Waals surface area contributed by atoms with E-state index in [0.29, 0.717) is 25.2 Å². The third kappa shape index (κ3) is 6.39. The Kier molecular flexibility index (Phi) is 6.34. The molecule has 0 aliphatic carbocycles. The number of nitrogens with zero attached hydrogens (tertiary/aromatic N) is 2. The number of rotatable bonds is 8. The lowest BCUT2D eigenvalue weighted by Crippen LogP contribution is -2.43. The number of carbonyl (C=O) groups excluding carboxylic acids is 1. The van der Waals surface area contributed by atoms with Crippen LogP contribution in [0.15, 0.2) is 6.33 Å². The topological polar surface area (TPSA) is 120 Å². The summed E-state index contributed by atoms with van der Waals surface area (Å²) in [5.74, 6) is -0.226. The molecular weight excluding hydrogens is 250 g/mol. The van der Waals surface area contributed by atoms with Crippen LogP contribution in [-0.4, -0.2) is 44.9 Å². The quantitative estimate of drug-likeness (QED) is 0.540. The number of aliphatic carboxylic acids is 1. The molecule has 4 N–H and O–H groups in total. The van der Waals surface area contributed by atoms with Crippen molar-refractivity contribution < 1.29 is 14.7 Å². The smallest absolute Gasteiger partial charge is 0.315 e. The molecule has 1 aromatic heterocycles. The van der Waals surface area contributed by atoms with Crippen molar-refractivity contribution in [2.45, 2.75) is 38.6 Å². The van der Waals surface area contributed by atoms with Crippen molar-refractivity contribution in [3.05, 3.63) is 12.2 Å². The Morgan fingerprint density at radius 3 is 2.89 bits per heavy atom. The zero-order chi connectivity index (χ0) is 14.1. The molecule has 0 aromatic carbocycles. The number of hydrogen-bond acceptors (Lipinski definition) is 4. The van der Waals surface area contributed by atoms with Gasteiger partial charge in [0.1, 0.15) is 12.2 Å². The zero-order valence-electron chi connectivity index (χ0n) is 10.8. The second-order valence-corrected chi connectivity index (χ2v) is 4.17. The van der Waals surface area contributed by atoms with E-state index in [1.54, 1.807) is 0 Å². The molecule has 1 aromatic rings. The molecular formula is C11H19N5O3. The summed E-state index contributed by atoms with van der Waals surface area (Å²) in [6.07, 6.45) is 3.34. The fourth-order valence-electron chi connectivity index (χ4n) is 1.67. The number of H-pyrrole nitrogens is 1. The minimum atomic E-state index is -0.916. The number of nitrogens with one attached hydrogen (secondary N) is 3. The standard InChI is InChI=1S/C11H19N5O3/c1-2-3-8(6-10(17)18)15-11(19)12-5-4-9-13-7-14-16-9/h7-8H,2-6H2,1H3,(H,17,18)(H2,12,15,19)(H,13,14,16). The average Bonchev–Trinajstić information content (AvgIpc) is 2.81. The van der Waals surface area contributed by atoms with Crippen molar-refractivity contribution in [3.63, 3.8) is 0 Å². The van der Waals surface area contributed by atoms with Crippen LogP contribution in [0, 0.1) is 0 Å². The van der Waals surface area contributed by atoms with E-state index in [1.165, 1.54) is 6.33 Å². The van der Waals surface area contributed by atoms with E-state index < -0.39 is 5.97 Å². The van der Waals surface area contributed by atoms with E-state index in [2.05, 4.69) is 25.8 Å². The number of hydrogen-bond donors (Lipinski definition) is 4. The van der Waals surface area contributed by atoms with Gasteiger partial charge in [0.25, 0.3) is 0 Å². The molecule has 106 valence electrons. The Hall–Kier alpha value is -2.12. The predicted octanol–water partition coefficient (Wildman–Crippen LogP) is 0.290. The largest absolute Gasteiger partial charge is 0.481 e. The second kappa shape index (κ2) is 8.06. The van der Waals surface area contributed by atoms with Crippen molar-refractivity contribution in [1.82, 2.24) is 25.8 Å². The van der Waals surface area contributed by atoms with Gasteiger partial charge in [0.05, 0.1) is 6.42 Å². The van der Waals surface area contributed by atoms with E-state index in [9.17, 15) is 9.59 Å². The van der Waals surface area contributed by atoms with Gasteiger partial charge in [-0.3, -0.25) is 9.89 Å². The Balaban J connectivity index is 2.25. The lowest BCUT2D eigenvalue weighted by Gasteiger charge is -2.16. The van der Waals surface area contributed by atoms with Crippen molar-refractivity contribution in [1.29, 1.82) is 0 Å². The van der Waals surface area contributed by atoms with Gasteiger partial charge < -0.3 is 15.7 Å². The minimum absolute atomic E-state index is 0.0661. The van der Waals surface area contributed by atoms with Crippen LogP contribution in [-0.2, 0) is 11.2 Å². The summed E-state index contributed by atoms with van der Waals surface area (Å²) in [5.41, 5.74) is 0. The highest BCUT2D eigenvalue weighted by molar-refractivity contribution is 5.75. The summed E-state index contributed by atoms with van der Waals surface area (Å²) in [5, 5.41) is 20.4. The molecule has 0 fully saturated rings. The molecule has 0 radical (unpaired) electrons. The first-order valence-corrected chi connectivity index (χ1v) is 6.22. The number of carbonyl (C=O) groups is 2. The average molecular weight is 269 g/mol. The van der Waals surface area contributed by atoms with E-state index in [4.69, 9.17) is 5.11 Å². The summed E-state index contributed by atoms with van der Waals surface area (Å²) >= 11 is 0. The fourth-order valence-corrected chi connectivity index (χ4v) is 1.67. The predicted molar refractivity (Wildman–Crippen MR) is 67.6 cm³/mol. The van der Waals surface area contributed by atoms with E-state index in [0.717, 1.165) is 6.42 Å². The van der Waals surface area contributed by atoms with Crippen molar-refractivity contribution >= 4 is 12.0 Å². The van der Waals surface area contributed by atoms with Gasteiger partial charge >= 0.3 is 12.0 Å². The number of amides is 2. The van der Waals surface area contributed by atoms with Gasteiger partial charge in [-0.15, -0.1) is 0 Å². The van der Waals surface area contributed by atoms with Gasteiger partial charge in [-0.1, -0.05) is 13.3 Å². The van der Waals surface area contributed by atoms with Crippen LogP contribution in [0.2, 0.25) is 0 Å². The SMILES string of the molecule is CCCC(CC(=O)O)NC(=O)NCCc1ncn[nH]1. The molecule has 0 aliphatic rings. The highest BCUT2D eigenvalue weighted by Gasteiger charge is 2.14. The van der Waals surface area contributed by atoms with Crippen LogP contribution >= 0.6 is 0 Å². The minimum Gasteiger partial charge on any atom is -0.481 e. The summed E-state index contributed by atoms with van der Waals surface area (Å²) in [7, 11) is 0. The summed E-state index contributed by atoms with van der Waals surface area (Å²) < 4.78 is 0. The Morgan fingerprint density at radius 2 is 2.32 bits per heavy atom. The fraction of sp³-hybridized carbons (Fsp3) is 0.636. The maximum Gasteiger partial charge on any atom is 0.315 e. The molecule has 1 atom stereocenters. The van der Waals surface area contributed by atoms with Gasteiger partial charge in [0.15, 0.2) is 0 Å². The maximum atomic E-state index is 11.6. The third-order valence-electron chi connectivity index (χ3n) is 2.51. The number of aromatic nitrogens is 3. The van der Waals surface area contributed by atoms with Gasteiger partial charge in [-0.25, -0.2) is 9.78 Å². The molecule has 19 heavy (non-hydrogen) atoms. The molecule has 2 amide bonds. The second-order valence-electron chi connectivity index (χ2n) is 4.17. The molecule has 8 heteroatoms. The Morgan fingerprint density at radius 1 is 1.53 bits per heavy atom. The molecule has 0 saturated heterocycles. The first-order chi connectivity index (χ1) is 9.11.